The lowest BCUT2D eigenvalue weighted by Crippen LogP contribution is -2.45. The van der Waals surface area contributed by atoms with E-state index < -0.39 is 17.8 Å². The third-order valence-corrected chi connectivity index (χ3v) is 3.61. The third kappa shape index (κ3) is 3.11. The number of ketones is 1. The maximum atomic E-state index is 12.6. The Morgan fingerprint density at radius 2 is 2.00 bits per heavy atom. The first-order valence-electron chi connectivity index (χ1n) is 6.72. The first-order valence-corrected chi connectivity index (χ1v) is 6.72. The molecule has 0 radical (unpaired) electrons. The van der Waals surface area contributed by atoms with Gasteiger partial charge in [-0.1, -0.05) is 0 Å². The summed E-state index contributed by atoms with van der Waals surface area (Å²) in [5.41, 5.74) is 0.436. The van der Waals surface area contributed by atoms with Crippen molar-refractivity contribution < 1.29 is 24.2 Å². The number of likely N-dealkylation sites (tertiary alicyclic amines) is 1. The summed E-state index contributed by atoms with van der Waals surface area (Å²) in [6, 6.07) is 3.16. The number of benzene rings is 1. The van der Waals surface area contributed by atoms with Crippen molar-refractivity contribution in [2.24, 2.45) is 0 Å². The van der Waals surface area contributed by atoms with Crippen LogP contribution in [-0.2, 0) is 4.79 Å². The number of hydrogen-bond acceptors (Lipinski definition) is 5. The molecule has 1 aromatic carbocycles. The van der Waals surface area contributed by atoms with Crippen LogP contribution < -0.4 is 4.74 Å². The first-order chi connectivity index (χ1) is 10.1. The average molecular weight is 291 g/mol. The largest absolute Gasteiger partial charge is 0.496 e. The van der Waals surface area contributed by atoms with Crippen molar-refractivity contribution >= 4 is 18.0 Å². The molecule has 1 aromatic rings. The molecule has 21 heavy (non-hydrogen) atoms. The van der Waals surface area contributed by atoms with Crippen molar-refractivity contribution in [2.45, 2.75) is 18.9 Å². The molecular formula is C15H17NO5. The van der Waals surface area contributed by atoms with E-state index in [0.717, 1.165) is 12.8 Å². The number of aliphatic carboxylic acids is 1. The van der Waals surface area contributed by atoms with E-state index in [1.807, 2.05) is 0 Å². The Morgan fingerprint density at radius 3 is 2.52 bits per heavy atom. The van der Waals surface area contributed by atoms with Crippen LogP contribution in [0.5, 0.6) is 5.75 Å². The van der Waals surface area contributed by atoms with Crippen LogP contribution in [0.3, 0.4) is 0 Å². The Kier molecular flexibility index (Phi) is 4.70. The molecule has 1 fully saturated rings. The molecule has 1 saturated heterocycles. The summed E-state index contributed by atoms with van der Waals surface area (Å²) in [5.74, 6) is -1.46. The predicted molar refractivity (Wildman–Crippen MR) is 74.9 cm³/mol. The summed E-state index contributed by atoms with van der Waals surface area (Å²) < 4.78 is 5.11. The molecule has 1 aliphatic heterocycles. The number of hydrogen-bond donors (Lipinski definition) is 1. The lowest BCUT2D eigenvalue weighted by Gasteiger charge is -2.23. The van der Waals surface area contributed by atoms with Crippen LogP contribution in [0.1, 0.15) is 33.6 Å². The van der Waals surface area contributed by atoms with E-state index in [1.165, 1.54) is 25.3 Å². The van der Waals surface area contributed by atoms with Gasteiger partial charge >= 0.3 is 5.97 Å². The van der Waals surface area contributed by atoms with Crippen LogP contribution in [0.25, 0.3) is 0 Å². The Hall–Kier alpha value is -2.21. The maximum absolute atomic E-state index is 12.6. The number of ether oxygens (including phenoxy) is 1. The standard InChI is InChI=1S/C15H17NO5/c1-21-12-5-4-10(9-17)8-11(12)14(18)13(15(19)20)16-6-2-3-7-16/h4-5,8-9,13H,2-3,6-7H2,1H3,(H,19,20). The van der Waals surface area contributed by atoms with Gasteiger partial charge in [0, 0.05) is 5.56 Å². The highest BCUT2D eigenvalue weighted by molar-refractivity contribution is 6.13. The number of carboxylic acid groups (broad SMARTS) is 1. The Bertz CT molecular complexity index is 563. The Morgan fingerprint density at radius 1 is 1.33 bits per heavy atom. The summed E-state index contributed by atoms with van der Waals surface area (Å²) >= 11 is 0. The van der Waals surface area contributed by atoms with Crippen molar-refractivity contribution in [2.75, 3.05) is 20.2 Å². The van der Waals surface area contributed by atoms with Crippen molar-refractivity contribution in [3.8, 4) is 5.75 Å². The Labute approximate surface area is 122 Å². The molecule has 0 aliphatic carbocycles. The number of Topliss-reactive ketones (excluding diaryl/α,β-unsaturated/α-hetero) is 1. The number of carboxylic acids is 1. The molecule has 1 N–H and O–H groups in total. The number of methoxy groups -OCH3 is 1. The molecule has 6 nitrogen and oxygen atoms in total. The van der Waals surface area contributed by atoms with E-state index in [0.29, 0.717) is 24.9 Å². The van der Waals surface area contributed by atoms with Crippen LogP contribution in [0, 0.1) is 0 Å². The quantitative estimate of drug-likeness (QED) is 0.482. The molecule has 1 heterocycles. The smallest absolute Gasteiger partial charge is 0.329 e. The molecule has 0 aromatic heterocycles. The SMILES string of the molecule is COc1ccc(C=O)cc1C(=O)C(C(=O)O)N1CCCC1. The molecular weight excluding hydrogens is 274 g/mol. The summed E-state index contributed by atoms with van der Waals surface area (Å²) in [6.45, 7) is 1.16. The summed E-state index contributed by atoms with van der Waals surface area (Å²) in [4.78, 5) is 36.6. The van der Waals surface area contributed by atoms with E-state index in [4.69, 9.17) is 4.74 Å². The van der Waals surface area contributed by atoms with Gasteiger partial charge in [-0.15, -0.1) is 0 Å². The van der Waals surface area contributed by atoms with Crippen LogP contribution >= 0.6 is 0 Å². The lowest BCUT2D eigenvalue weighted by atomic mass is 10.00. The fraction of sp³-hybridized carbons (Fsp3) is 0.400. The molecule has 0 amide bonds. The van der Waals surface area contributed by atoms with Gasteiger partial charge in [0.05, 0.1) is 12.7 Å². The van der Waals surface area contributed by atoms with E-state index in [1.54, 1.807) is 4.90 Å². The second kappa shape index (κ2) is 6.49. The Balaban J connectivity index is 2.40. The molecule has 112 valence electrons. The fourth-order valence-electron chi connectivity index (χ4n) is 2.57. The van der Waals surface area contributed by atoms with Gasteiger partial charge in [0.2, 0.25) is 0 Å². The van der Waals surface area contributed by atoms with Crippen molar-refractivity contribution in [3.63, 3.8) is 0 Å². The van der Waals surface area contributed by atoms with E-state index in [9.17, 15) is 19.5 Å². The number of rotatable bonds is 6. The monoisotopic (exact) mass is 291 g/mol. The molecule has 0 bridgehead atoms. The number of carbonyl (C=O) groups excluding carboxylic acids is 2. The maximum Gasteiger partial charge on any atom is 0.329 e. The highest BCUT2D eigenvalue weighted by Gasteiger charge is 2.36. The zero-order chi connectivity index (χ0) is 15.4. The molecule has 0 saturated carbocycles. The van der Waals surface area contributed by atoms with Gasteiger partial charge in [-0.3, -0.25) is 19.3 Å². The molecule has 0 spiro atoms. The lowest BCUT2D eigenvalue weighted by molar-refractivity contribution is -0.140. The van der Waals surface area contributed by atoms with Gasteiger partial charge < -0.3 is 9.84 Å². The second-order valence-corrected chi connectivity index (χ2v) is 4.93. The van der Waals surface area contributed by atoms with Gasteiger partial charge in [-0.05, 0) is 44.1 Å². The van der Waals surface area contributed by atoms with Crippen LogP contribution in [0.15, 0.2) is 18.2 Å². The van der Waals surface area contributed by atoms with E-state index in [2.05, 4.69) is 0 Å². The predicted octanol–water partition coefficient (Wildman–Crippen LogP) is 1.24. The van der Waals surface area contributed by atoms with Crippen LogP contribution in [0.2, 0.25) is 0 Å². The first kappa shape index (κ1) is 15.2. The minimum Gasteiger partial charge on any atom is -0.496 e. The van der Waals surface area contributed by atoms with Gasteiger partial charge in [-0.2, -0.15) is 0 Å². The summed E-state index contributed by atoms with van der Waals surface area (Å²) in [5, 5.41) is 9.38. The average Bonchev–Trinajstić information content (AvgIpc) is 3.00. The van der Waals surface area contributed by atoms with E-state index >= 15 is 0 Å². The zero-order valence-electron chi connectivity index (χ0n) is 11.7. The minimum atomic E-state index is -1.23. The second-order valence-electron chi connectivity index (χ2n) is 4.93. The number of aldehydes is 1. The fourth-order valence-corrected chi connectivity index (χ4v) is 2.57. The summed E-state index contributed by atoms with van der Waals surface area (Å²) in [6.07, 6.45) is 2.37. The highest BCUT2D eigenvalue weighted by Crippen LogP contribution is 2.24. The molecule has 1 aliphatic rings. The van der Waals surface area contributed by atoms with Gasteiger partial charge in [0.15, 0.2) is 11.8 Å². The molecule has 1 atom stereocenters. The summed E-state index contributed by atoms with van der Waals surface area (Å²) in [7, 11) is 1.40. The van der Waals surface area contributed by atoms with Crippen LogP contribution in [-0.4, -0.2) is 54.3 Å². The van der Waals surface area contributed by atoms with Crippen LogP contribution in [0.4, 0.5) is 0 Å². The highest BCUT2D eigenvalue weighted by atomic mass is 16.5. The molecule has 6 heteroatoms. The van der Waals surface area contributed by atoms with Gasteiger partial charge in [-0.25, -0.2) is 0 Å². The number of nitrogens with zero attached hydrogens (tertiary/aromatic N) is 1. The molecule has 2 rings (SSSR count). The zero-order valence-corrected chi connectivity index (χ0v) is 11.7. The third-order valence-electron chi connectivity index (χ3n) is 3.61. The normalized spacial score (nSPS) is 16.4. The minimum absolute atomic E-state index is 0.126. The van der Waals surface area contributed by atoms with Crippen molar-refractivity contribution in [1.29, 1.82) is 0 Å². The molecule has 1 unspecified atom stereocenters. The van der Waals surface area contributed by atoms with Crippen molar-refractivity contribution in [3.05, 3.63) is 29.3 Å². The van der Waals surface area contributed by atoms with E-state index in [-0.39, 0.29) is 11.3 Å². The van der Waals surface area contributed by atoms with Crippen molar-refractivity contribution in [1.82, 2.24) is 4.90 Å². The van der Waals surface area contributed by atoms with Gasteiger partial charge in [0.1, 0.15) is 12.0 Å². The van der Waals surface area contributed by atoms with Gasteiger partial charge in [0.25, 0.3) is 0 Å². The number of carbonyl (C=O) groups is 3. The topological polar surface area (TPSA) is 83.9 Å².